The molecule has 0 unspecified atom stereocenters. The summed E-state index contributed by atoms with van der Waals surface area (Å²) in [5.74, 6) is -0.496. The second-order valence-corrected chi connectivity index (χ2v) is 10.7. The van der Waals surface area contributed by atoms with Gasteiger partial charge in [0.05, 0.1) is 26.7 Å². The summed E-state index contributed by atoms with van der Waals surface area (Å²) >= 11 is 10.3. The van der Waals surface area contributed by atoms with E-state index in [9.17, 15) is 19.2 Å². The molecule has 0 bridgehead atoms. The summed E-state index contributed by atoms with van der Waals surface area (Å²) in [7, 11) is 0. The standard InChI is InChI=1S/C26H25BrClN3O6S/c1-2-36-20-12-16(11-17(27)24(20)37-15-22(32)29-19-8-4-3-7-18(19)28)13-21-25(34)31(26(35)38-21)14-23(33)30-9-5-6-10-30/h3-4,7-8,11-13H,2,5-6,9-10,14-15H2,1H3,(H,29,32)/b21-13-. The summed E-state index contributed by atoms with van der Waals surface area (Å²) in [6.45, 7) is 2.86. The summed E-state index contributed by atoms with van der Waals surface area (Å²) in [5.41, 5.74) is 1.04. The third kappa shape index (κ3) is 6.69. The number of ether oxygens (including phenoxy) is 2. The Balaban J connectivity index is 1.46. The molecule has 2 saturated heterocycles. The number of nitrogens with zero attached hydrogens (tertiary/aromatic N) is 2. The molecule has 0 saturated carbocycles. The van der Waals surface area contributed by atoms with E-state index >= 15 is 0 Å². The zero-order valence-corrected chi connectivity index (χ0v) is 23.7. The number of hydrogen-bond acceptors (Lipinski definition) is 7. The predicted octanol–water partition coefficient (Wildman–Crippen LogP) is 5.18. The van der Waals surface area contributed by atoms with Gasteiger partial charge in [-0.25, -0.2) is 0 Å². The molecular weight excluding hydrogens is 598 g/mol. The highest BCUT2D eigenvalue weighted by molar-refractivity contribution is 9.10. The first-order chi connectivity index (χ1) is 18.3. The molecule has 38 heavy (non-hydrogen) atoms. The minimum Gasteiger partial charge on any atom is -0.490 e. The number of likely N-dealkylation sites (tertiary alicyclic amines) is 1. The number of benzene rings is 2. The van der Waals surface area contributed by atoms with E-state index in [0.29, 0.717) is 51.9 Å². The Hall–Kier alpha value is -3.02. The molecule has 0 radical (unpaired) electrons. The van der Waals surface area contributed by atoms with Gasteiger partial charge in [0.2, 0.25) is 5.91 Å². The number of nitrogens with one attached hydrogen (secondary N) is 1. The lowest BCUT2D eigenvalue weighted by atomic mass is 10.2. The fourth-order valence-electron chi connectivity index (χ4n) is 3.95. The van der Waals surface area contributed by atoms with Crippen LogP contribution in [0.2, 0.25) is 5.02 Å². The molecule has 200 valence electrons. The maximum Gasteiger partial charge on any atom is 0.294 e. The number of para-hydroxylation sites is 1. The summed E-state index contributed by atoms with van der Waals surface area (Å²) in [4.78, 5) is 53.1. The number of imide groups is 1. The number of hydrogen-bond donors (Lipinski definition) is 1. The molecule has 0 aromatic heterocycles. The van der Waals surface area contributed by atoms with E-state index in [1.807, 2.05) is 0 Å². The third-order valence-corrected chi connectivity index (χ3v) is 7.58. The van der Waals surface area contributed by atoms with Crippen molar-refractivity contribution >= 4 is 74.0 Å². The molecule has 2 aliphatic rings. The summed E-state index contributed by atoms with van der Waals surface area (Å²) < 4.78 is 11.9. The minimum atomic E-state index is -0.516. The lowest BCUT2D eigenvalue weighted by Gasteiger charge is -2.18. The Kier molecular flexibility index (Phi) is 9.35. The van der Waals surface area contributed by atoms with Crippen molar-refractivity contribution in [3.63, 3.8) is 0 Å². The first kappa shape index (κ1) is 28.0. The lowest BCUT2D eigenvalue weighted by Crippen LogP contribution is -2.40. The largest absolute Gasteiger partial charge is 0.490 e. The zero-order chi connectivity index (χ0) is 27.2. The molecule has 2 aliphatic heterocycles. The van der Waals surface area contributed by atoms with Gasteiger partial charge in [0.25, 0.3) is 17.1 Å². The first-order valence-corrected chi connectivity index (χ1v) is 13.9. The average molecular weight is 623 g/mol. The maximum absolute atomic E-state index is 12.9. The Bertz CT molecular complexity index is 1300. The Labute approximate surface area is 237 Å². The maximum atomic E-state index is 12.9. The molecule has 2 heterocycles. The van der Waals surface area contributed by atoms with Gasteiger partial charge in [-0.05, 0) is 83.4 Å². The van der Waals surface area contributed by atoms with Crippen LogP contribution in [0, 0.1) is 0 Å². The van der Waals surface area contributed by atoms with E-state index in [4.69, 9.17) is 21.1 Å². The molecule has 4 amide bonds. The van der Waals surface area contributed by atoms with Crippen molar-refractivity contribution < 1.29 is 28.7 Å². The fourth-order valence-corrected chi connectivity index (χ4v) is 5.55. The number of halogens is 2. The SMILES string of the molecule is CCOc1cc(/C=C2\SC(=O)N(CC(=O)N3CCCC3)C2=O)cc(Br)c1OCC(=O)Nc1ccccc1Cl. The summed E-state index contributed by atoms with van der Waals surface area (Å²) in [6, 6.07) is 10.2. The molecule has 9 nitrogen and oxygen atoms in total. The minimum absolute atomic E-state index is 0.200. The van der Waals surface area contributed by atoms with Crippen LogP contribution in [0.4, 0.5) is 10.5 Å². The predicted molar refractivity (Wildman–Crippen MR) is 149 cm³/mol. The Morgan fingerprint density at radius 2 is 1.89 bits per heavy atom. The van der Waals surface area contributed by atoms with Crippen molar-refractivity contribution in [2.24, 2.45) is 0 Å². The van der Waals surface area contributed by atoms with Gasteiger partial charge in [0.15, 0.2) is 18.1 Å². The zero-order valence-electron chi connectivity index (χ0n) is 20.5. The van der Waals surface area contributed by atoms with Crippen molar-refractivity contribution in [2.45, 2.75) is 19.8 Å². The van der Waals surface area contributed by atoms with Crippen molar-refractivity contribution in [1.29, 1.82) is 0 Å². The van der Waals surface area contributed by atoms with Crippen LogP contribution >= 0.6 is 39.3 Å². The fraction of sp³-hybridized carbons (Fsp3) is 0.308. The highest BCUT2D eigenvalue weighted by Gasteiger charge is 2.37. The summed E-state index contributed by atoms with van der Waals surface area (Å²) in [6.07, 6.45) is 3.42. The lowest BCUT2D eigenvalue weighted by molar-refractivity contribution is -0.135. The molecule has 2 aromatic carbocycles. The number of amides is 4. The van der Waals surface area contributed by atoms with Gasteiger partial charge in [0.1, 0.15) is 6.54 Å². The van der Waals surface area contributed by atoms with Crippen LogP contribution in [0.3, 0.4) is 0 Å². The van der Waals surface area contributed by atoms with Gasteiger partial charge in [-0.15, -0.1) is 0 Å². The van der Waals surface area contributed by atoms with Crippen molar-refractivity contribution in [1.82, 2.24) is 9.80 Å². The third-order valence-electron chi connectivity index (χ3n) is 5.75. The van der Waals surface area contributed by atoms with E-state index in [1.165, 1.54) is 0 Å². The molecule has 2 fully saturated rings. The van der Waals surface area contributed by atoms with Crippen molar-refractivity contribution in [3.05, 3.63) is 56.4 Å². The Morgan fingerprint density at radius 1 is 1.16 bits per heavy atom. The molecule has 4 rings (SSSR count). The second-order valence-electron chi connectivity index (χ2n) is 8.44. The van der Waals surface area contributed by atoms with Crippen LogP contribution in [0.1, 0.15) is 25.3 Å². The summed E-state index contributed by atoms with van der Waals surface area (Å²) in [5, 5.41) is 2.61. The molecular formula is C26H25BrClN3O6S. The van der Waals surface area contributed by atoms with Crippen molar-refractivity contribution in [2.75, 3.05) is 38.2 Å². The van der Waals surface area contributed by atoms with E-state index in [1.54, 1.807) is 54.3 Å². The van der Waals surface area contributed by atoms with Crippen LogP contribution < -0.4 is 14.8 Å². The van der Waals surface area contributed by atoms with Crippen LogP contribution in [0.25, 0.3) is 6.08 Å². The number of rotatable bonds is 9. The highest BCUT2D eigenvalue weighted by atomic mass is 79.9. The number of carbonyl (C=O) groups is 4. The second kappa shape index (κ2) is 12.7. The van der Waals surface area contributed by atoms with E-state index in [0.717, 1.165) is 29.5 Å². The van der Waals surface area contributed by atoms with Crippen LogP contribution in [0.15, 0.2) is 45.8 Å². The van der Waals surface area contributed by atoms with E-state index < -0.39 is 17.1 Å². The number of anilines is 1. The topological polar surface area (TPSA) is 105 Å². The van der Waals surface area contributed by atoms with Gasteiger partial charge < -0.3 is 19.7 Å². The quantitative estimate of drug-likeness (QED) is 0.385. The molecule has 12 heteroatoms. The highest BCUT2D eigenvalue weighted by Crippen LogP contribution is 2.39. The van der Waals surface area contributed by atoms with Gasteiger partial charge in [-0.3, -0.25) is 24.1 Å². The monoisotopic (exact) mass is 621 g/mol. The number of carbonyl (C=O) groups excluding carboxylic acids is 4. The molecule has 2 aromatic rings. The molecule has 1 N–H and O–H groups in total. The van der Waals surface area contributed by atoms with Gasteiger partial charge in [-0.2, -0.15) is 0 Å². The smallest absolute Gasteiger partial charge is 0.294 e. The average Bonchev–Trinajstić information content (AvgIpc) is 3.50. The van der Waals surface area contributed by atoms with E-state index in [-0.39, 0.29) is 24.0 Å². The molecule has 0 atom stereocenters. The van der Waals surface area contributed by atoms with Gasteiger partial charge in [0, 0.05) is 13.1 Å². The normalized spacial score (nSPS) is 16.3. The first-order valence-electron chi connectivity index (χ1n) is 11.9. The van der Waals surface area contributed by atoms with Crippen LogP contribution in [-0.4, -0.2) is 65.6 Å². The Morgan fingerprint density at radius 3 is 2.61 bits per heavy atom. The van der Waals surface area contributed by atoms with Gasteiger partial charge >= 0.3 is 0 Å². The van der Waals surface area contributed by atoms with Gasteiger partial charge in [-0.1, -0.05) is 23.7 Å². The van der Waals surface area contributed by atoms with E-state index in [2.05, 4.69) is 21.2 Å². The van der Waals surface area contributed by atoms with Crippen LogP contribution in [0.5, 0.6) is 11.5 Å². The molecule has 0 spiro atoms. The van der Waals surface area contributed by atoms with Crippen molar-refractivity contribution in [3.8, 4) is 11.5 Å². The molecule has 0 aliphatic carbocycles. The van der Waals surface area contributed by atoms with Crippen LogP contribution in [-0.2, 0) is 14.4 Å². The number of thioether (sulfide) groups is 1.